The summed E-state index contributed by atoms with van der Waals surface area (Å²) in [5.74, 6) is -0.440. The number of likely N-dealkylation sites (tertiary alicyclic amines) is 1. The fourth-order valence-electron chi connectivity index (χ4n) is 2.20. The number of hydrogen-bond donors (Lipinski definition) is 1. The maximum atomic E-state index is 12.1. The number of anilines is 1. The highest BCUT2D eigenvalue weighted by Gasteiger charge is 2.36. The highest BCUT2D eigenvalue weighted by Crippen LogP contribution is 2.33. The molecule has 100 valence electrons. The lowest BCUT2D eigenvalue weighted by Gasteiger charge is -2.12. The Kier molecular flexibility index (Phi) is 2.62. The molecule has 1 N–H and O–H groups in total. The molecule has 2 aliphatic rings. The minimum absolute atomic E-state index is 0.0643. The monoisotopic (exact) mass is 262 g/mol. The van der Waals surface area contributed by atoms with Crippen molar-refractivity contribution in [1.29, 1.82) is 0 Å². The predicted octanol–water partition coefficient (Wildman–Crippen LogP) is -0.253. The van der Waals surface area contributed by atoms with Gasteiger partial charge in [-0.1, -0.05) is 0 Å². The van der Waals surface area contributed by atoms with E-state index in [1.54, 1.807) is 10.8 Å². The van der Waals surface area contributed by atoms with Crippen LogP contribution in [-0.4, -0.2) is 39.4 Å². The van der Waals surface area contributed by atoms with Crippen LogP contribution in [0.4, 0.5) is 5.82 Å². The van der Waals surface area contributed by atoms with Gasteiger partial charge in [0, 0.05) is 25.5 Å². The number of aromatic nitrogens is 2. The molecule has 1 aromatic heterocycles. The summed E-state index contributed by atoms with van der Waals surface area (Å²) in [7, 11) is 1.44. The van der Waals surface area contributed by atoms with Crippen molar-refractivity contribution in [3.8, 4) is 0 Å². The Balaban J connectivity index is 1.84. The van der Waals surface area contributed by atoms with Crippen LogP contribution in [0.2, 0.25) is 0 Å². The largest absolute Gasteiger partial charge is 0.353 e. The van der Waals surface area contributed by atoms with Gasteiger partial charge < -0.3 is 9.88 Å². The van der Waals surface area contributed by atoms with E-state index in [-0.39, 0.29) is 35.7 Å². The van der Waals surface area contributed by atoms with Gasteiger partial charge in [0.15, 0.2) is 5.82 Å². The number of nitrogens with one attached hydrogen (secondary N) is 1. The van der Waals surface area contributed by atoms with E-state index >= 15 is 0 Å². The SMILES string of the molecule is CN1C(=O)CC(Nc2nccn(C3CC3)c2=O)C1=O. The minimum Gasteiger partial charge on any atom is -0.353 e. The summed E-state index contributed by atoms with van der Waals surface area (Å²) < 4.78 is 1.63. The molecule has 1 unspecified atom stereocenters. The second-order valence-electron chi connectivity index (χ2n) is 4.91. The van der Waals surface area contributed by atoms with E-state index in [9.17, 15) is 14.4 Å². The average molecular weight is 262 g/mol. The lowest BCUT2D eigenvalue weighted by Crippen LogP contribution is -2.34. The number of rotatable bonds is 3. The van der Waals surface area contributed by atoms with Crippen molar-refractivity contribution in [1.82, 2.24) is 14.5 Å². The highest BCUT2D eigenvalue weighted by atomic mass is 16.2. The first-order valence-corrected chi connectivity index (χ1v) is 6.22. The lowest BCUT2D eigenvalue weighted by molar-refractivity contribution is -0.136. The molecule has 0 bridgehead atoms. The van der Waals surface area contributed by atoms with Gasteiger partial charge in [-0.25, -0.2) is 4.98 Å². The number of carbonyl (C=O) groups excluding carboxylic acids is 2. The van der Waals surface area contributed by atoms with E-state index in [1.165, 1.54) is 13.2 Å². The molecule has 2 amide bonds. The summed E-state index contributed by atoms with van der Waals surface area (Å²) in [6.45, 7) is 0. The summed E-state index contributed by atoms with van der Waals surface area (Å²) in [6.07, 6.45) is 5.24. The third-order valence-electron chi connectivity index (χ3n) is 3.50. The van der Waals surface area contributed by atoms with Gasteiger partial charge in [0.05, 0.1) is 6.42 Å². The van der Waals surface area contributed by atoms with E-state index in [2.05, 4.69) is 10.3 Å². The van der Waals surface area contributed by atoms with Crippen LogP contribution in [0.15, 0.2) is 17.2 Å². The molecule has 7 nitrogen and oxygen atoms in total. The van der Waals surface area contributed by atoms with Crippen molar-refractivity contribution in [2.24, 2.45) is 0 Å². The van der Waals surface area contributed by atoms with Gasteiger partial charge in [-0.15, -0.1) is 0 Å². The molecule has 1 saturated heterocycles. The number of carbonyl (C=O) groups is 2. The maximum absolute atomic E-state index is 12.1. The third kappa shape index (κ3) is 2.00. The van der Waals surface area contributed by atoms with E-state index in [4.69, 9.17) is 0 Å². The first kappa shape index (κ1) is 11.9. The summed E-state index contributed by atoms with van der Waals surface area (Å²) >= 11 is 0. The van der Waals surface area contributed by atoms with Crippen LogP contribution in [0.3, 0.4) is 0 Å². The second kappa shape index (κ2) is 4.18. The Bertz CT molecular complexity index is 605. The molecule has 1 aliphatic heterocycles. The van der Waals surface area contributed by atoms with Crippen LogP contribution in [0.25, 0.3) is 0 Å². The number of likely N-dealkylation sites (N-methyl/N-ethyl adjacent to an activating group) is 1. The molecular formula is C12H14N4O3. The summed E-state index contributed by atoms with van der Waals surface area (Å²) in [4.78, 5) is 40.4. The van der Waals surface area contributed by atoms with Crippen molar-refractivity contribution in [2.45, 2.75) is 31.3 Å². The second-order valence-corrected chi connectivity index (χ2v) is 4.91. The van der Waals surface area contributed by atoms with Crippen LogP contribution in [0.1, 0.15) is 25.3 Å². The van der Waals surface area contributed by atoms with E-state index < -0.39 is 6.04 Å². The van der Waals surface area contributed by atoms with E-state index in [0.29, 0.717) is 0 Å². The van der Waals surface area contributed by atoms with Gasteiger partial charge in [-0.05, 0) is 12.8 Å². The molecule has 1 atom stereocenters. The van der Waals surface area contributed by atoms with Gasteiger partial charge in [-0.3, -0.25) is 19.3 Å². The number of hydrogen-bond acceptors (Lipinski definition) is 5. The van der Waals surface area contributed by atoms with Crippen molar-refractivity contribution in [3.63, 3.8) is 0 Å². The molecule has 1 aliphatic carbocycles. The zero-order valence-electron chi connectivity index (χ0n) is 10.5. The lowest BCUT2D eigenvalue weighted by atomic mass is 10.2. The van der Waals surface area contributed by atoms with Gasteiger partial charge in [-0.2, -0.15) is 0 Å². The first-order chi connectivity index (χ1) is 9.08. The average Bonchev–Trinajstić information content (AvgIpc) is 3.19. The Morgan fingerprint density at radius 1 is 1.32 bits per heavy atom. The predicted molar refractivity (Wildman–Crippen MR) is 66.6 cm³/mol. The molecule has 7 heteroatoms. The molecule has 0 aromatic carbocycles. The van der Waals surface area contributed by atoms with Crippen molar-refractivity contribution in [2.75, 3.05) is 12.4 Å². The highest BCUT2D eigenvalue weighted by molar-refractivity contribution is 6.06. The number of nitrogens with zero attached hydrogens (tertiary/aromatic N) is 3. The fraction of sp³-hybridized carbons (Fsp3) is 0.500. The third-order valence-corrected chi connectivity index (χ3v) is 3.50. The Morgan fingerprint density at radius 3 is 2.63 bits per heavy atom. The van der Waals surface area contributed by atoms with E-state index in [0.717, 1.165) is 17.7 Å². The molecule has 1 saturated carbocycles. The number of imide groups is 1. The molecule has 3 rings (SSSR count). The molecular weight excluding hydrogens is 248 g/mol. The maximum Gasteiger partial charge on any atom is 0.293 e. The van der Waals surface area contributed by atoms with Gasteiger partial charge in [0.1, 0.15) is 6.04 Å². The molecule has 19 heavy (non-hydrogen) atoms. The van der Waals surface area contributed by atoms with Crippen molar-refractivity contribution < 1.29 is 9.59 Å². The standard InChI is InChI=1S/C12H14N4O3/c1-15-9(17)6-8(11(15)18)14-10-12(19)16(5-4-13-10)7-2-3-7/h4-5,7-8H,2-3,6H2,1H3,(H,13,14). The zero-order valence-corrected chi connectivity index (χ0v) is 10.5. The van der Waals surface area contributed by atoms with Crippen molar-refractivity contribution in [3.05, 3.63) is 22.7 Å². The van der Waals surface area contributed by atoms with E-state index in [1.807, 2.05) is 0 Å². The van der Waals surface area contributed by atoms with Crippen LogP contribution >= 0.6 is 0 Å². The number of amides is 2. The molecule has 2 fully saturated rings. The van der Waals surface area contributed by atoms with Crippen molar-refractivity contribution >= 4 is 17.6 Å². The van der Waals surface area contributed by atoms with Crippen LogP contribution in [0, 0.1) is 0 Å². The normalized spacial score (nSPS) is 23.0. The fourth-order valence-corrected chi connectivity index (χ4v) is 2.20. The smallest absolute Gasteiger partial charge is 0.293 e. The Morgan fingerprint density at radius 2 is 2.05 bits per heavy atom. The summed E-state index contributed by atoms with van der Waals surface area (Å²) in [6, 6.07) is -0.438. The molecule has 2 heterocycles. The first-order valence-electron chi connectivity index (χ1n) is 6.22. The van der Waals surface area contributed by atoms with Gasteiger partial charge in [0.2, 0.25) is 5.91 Å². The molecule has 0 radical (unpaired) electrons. The zero-order chi connectivity index (χ0) is 13.6. The van der Waals surface area contributed by atoms with Crippen LogP contribution in [-0.2, 0) is 9.59 Å². The van der Waals surface area contributed by atoms with Crippen LogP contribution < -0.4 is 10.9 Å². The molecule has 0 spiro atoms. The molecule has 1 aromatic rings. The minimum atomic E-state index is -0.687. The summed E-state index contributed by atoms with van der Waals surface area (Å²) in [5, 5.41) is 2.79. The van der Waals surface area contributed by atoms with Gasteiger partial charge in [0.25, 0.3) is 11.5 Å². The summed E-state index contributed by atoms with van der Waals surface area (Å²) in [5.41, 5.74) is -0.236. The Labute approximate surface area is 109 Å². The van der Waals surface area contributed by atoms with Gasteiger partial charge >= 0.3 is 0 Å². The quantitative estimate of drug-likeness (QED) is 0.759. The topological polar surface area (TPSA) is 84.3 Å². The Hall–Kier alpha value is -2.18. The van der Waals surface area contributed by atoms with Crippen LogP contribution in [0.5, 0.6) is 0 Å².